The molecule has 0 aromatic heterocycles. The number of rotatable bonds is 8. The van der Waals surface area contributed by atoms with Gasteiger partial charge >= 0.3 is 0 Å². The quantitative estimate of drug-likeness (QED) is 0.483. The number of methoxy groups -OCH3 is 1. The number of hydrogen-bond acceptors (Lipinski definition) is 4. The molecule has 5 nitrogen and oxygen atoms in total. The molecule has 1 fully saturated rings. The molecule has 4 rings (SSSR count). The summed E-state index contributed by atoms with van der Waals surface area (Å²) in [6.07, 6.45) is 2.52. The maximum atomic E-state index is 12.4. The third-order valence-corrected chi connectivity index (χ3v) is 5.79. The van der Waals surface area contributed by atoms with Gasteiger partial charge in [0.2, 0.25) is 0 Å². The molecule has 0 spiro atoms. The predicted octanol–water partition coefficient (Wildman–Crippen LogP) is 5.63. The summed E-state index contributed by atoms with van der Waals surface area (Å²) in [6, 6.07) is 21.2. The molecule has 1 heterocycles. The zero-order chi connectivity index (χ0) is 22.3. The first-order valence-electron chi connectivity index (χ1n) is 10.8. The predicted molar refractivity (Wildman–Crippen MR) is 129 cm³/mol. The van der Waals surface area contributed by atoms with Crippen LogP contribution in [0.3, 0.4) is 0 Å². The summed E-state index contributed by atoms with van der Waals surface area (Å²) in [5, 5.41) is 3.57. The highest BCUT2D eigenvalue weighted by molar-refractivity contribution is 6.30. The van der Waals surface area contributed by atoms with Gasteiger partial charge in [0.05, 0.1) is 7.11 Å². The zero-order valence-corrected chi connectivity index (χ0v) is 18.9. The largest absolute Gasteiger partial charge is 0.493 e. The van der Waals surface area contributed by atoms with Crippen molar-refractivity contribution in [1.82, 2.24) is 4.90 Å². The van der Waals surface area contributed by atoms with E-state index in [1.807, 2.05) is 66.7 Å². The number of carbonyl (C=O) groups excluding carboxylic acids is 1. The Morgan fingerprint density at radius 3 is 2.25 bits per heavy atom. The van der Waals surface area contributed by atoms with Crippen molar-refractivity contribution in [1.29, 1.82) is 0 Å². The molecular weight excluding hydrogens is 424 g/mol. The van der Waals surface area contributed by atoms with Crippen LogP contribution in [0.15, 0.2) is 66.7 Å². The van der Waals surface area contributed by atoms with Gasteiger partial charge in [-0.2, -0.15) is 0 Å². The SMILES string of the molecule is COc1cc(CN2CCCC2)ccc1OCC(=O)Nc1ccc(-c2ccc(Cl)cc2)cc1. The molecule has 6 heteroatoms. The fraction of sp³-hybridized carbons (Fsp3) is 0.269. The van der Waals surface area contributed by atoms with E-state index in [0.717, 1.165) is 30.8 Å². The van der Waals surface area contributed by atoms with E-state index in [1.54, 1.807) is 7.11 Å². The molecule has 3 aromatic carbocycles. The van der Waals surface area contributed by atoms with Crippen molar-refractivity contribution < 1.29 is 14.3 Å². The maximum absolute atomic E-state index is 12.4. The van der Waals surface area contributed by atoms with Gasteiger partial charge in [-0.15, -0.1) is 0 Å². The van der Waals surface area contributed by atoms with Crippen LogP contribution in [0.2, 0.25) is 5.02 Å². The van der Waals surface area contributed by atoms with Gasteiger partial charge in [0.1, 0.15) is 0 Å². The standard InChI is InChI=1S/C26H27ClN2O3/c1-31-25-16-19(17-29-14-2-3-15-29)4-13-24(25)32-18-26(30)28-23-11-7-21(8-12-23)20-5-9-22(27)10-6-20/h4-13,16H,2-3,14-15,17-18H2,1H3,(H,28,30). The molecule has 0 atom stereocenters. The highest BCUT2D eigenvalue weighted by Gasteiger charge is 2.14. The Morgan fingerprint density at radius 1 is 0.938 bits per heavy atom. The van der Waals surface area contributed by atoms with Crippen LogP contribution in [0.25, 0.3) is 11.1 Å². The normalized spacial score (nSPS) is 13.7. The second-order valence-electron chi connectivity index (χ2n) is 7.89. The van der Waals surface area contributed by atoms with Gasteiger partial charge in [0.15, 0.2) is 18.1 Å². The highest BCUT2D eigenvalue weighted by Crippen LogP contribution is 2.29. The second kappa shape index (κ2) is 10.5. The number of anilines is 1. The number of nitrogens with zero attached hydrogens (tertiary/aromatic N) is 1. The van der Waals surface area contributed by atoms with Crippen molar-refractivity contribution in [3.05, 3.63) is 77.3 Å². The fourth-order valence-electron chi connectivity index (χ4n) is 3.86. The Hall–Kier alpha value is -3.02. The van der Waals surface area contributed by atoms with E-state index in [4.69, 9.17) is 21.1 Å². The Balaban J connectivity index is 1.31. The van der Waals surface area contributed by atoms with E-state index in [0.29, 0.717) is 22.2 Å². The van der Waals surface area contributed by atoms with Gasteiger partial charge < -0.3 is 14.8 Å². The second-order valence-corrected chi connectivity index (χ2v) is 8.33. The number of halogens is 1. The molecule has 1 aliphatic rings. The Labute approximate surface area is 193 Å². The molecule has 0 saturated carbocycles. The lowest BCUT2D eigenvalue weighted by molar-refractivity contribution is -0.118. The molecule has 32 heavy (non-hydrogen) atoms. The van der Waals surface area contributed by atoms with Crippen LogP contribution in [0.1, 0.15) is 18.4 Å². The van der Waals surface area contributed by atoms with Crippen LogP contribution < -0.4 is 14.8 Å². The smallest absolute Gasteiger partial charge is 0.262 e. The summed E-state index contributed by atoms with van der Waals surface area (Å²) in [4.78, 5) is 14.8. The summed E-state index contributed by atoms with van der Waals surface area (Å²) in [6.45, 7) is 3.09. The van der Waals surface area contributed by atoms with E-state index >= 15 is 0 Å². The first kappa shape index (κ1) is 22.2. The lowest BCUT2D eigenvalue weighted by Gasteiger charge is -2.16. The number of likely N-dealkylation sites (tertiary alicyclic amines) is 1. The zero-order valence-electron chi connectivity index (χ0n) is 18.1. The third kappa shape index (κ3) is 5.81. The average Bonchev–Trinajstić information content (AvgIpc) is 3.32. The summed E-state index contributed by atoms with van der Waals surface area (Å²) in [7, 11) is 1.62. The van der Waals surface area contributed by atoms with Gasteiger partial charge in [-0.25, -0.2) is 0 Å². The van der Waals surface area contributed by atoms with Gasteiger partial charge in [-0.05, 0) is 79.0 Å². The third-order valence-electron chi connectivity index (χ3n) is 5.54. The number of carbonyl (C=O) groups is 1. The summed E-state index contributed by atoms with van der Waals surface area (Å²) in [5.74, 6) is 0.972. The number of amides is 1. The molecular formula is C26H27ClN2O3. The van der Waals surface area contributed by atoms with Crippen LogP contribution in [-0.2, 0) is 11.3 Å². The fourth-order valence-corrected chi connectivity index (χ4v) is 3.98. The van der Waals surface area contributed by atoms with Crippen LogP contribution in [0, 0.1) is 0 Å². The van der Waals surface area contributed by atoms with Crippen molar-refractivity contribution in [2.24, 2.45) is 0 Å². The van der Waals surface area contributed by atoms with E-state index in [1.165, 1.54) is 18.4 Å². The van der Waals surface area contributed by atoms with Gasteiger partial charge in [0, 0.05) is 17.3 Å². The maximum Gasteiger partial charge on any atom is 0.262 e. The molecule has 1 aliphatic heterocycles. The minimum atomic E-state index is -0.229. The molecule has 3 aromatic rings. The van der Waals surface area contributed by atoms with Crippen LogP contribution >= 0.6 is 11.6 Å². The highest BCUT2D eigenvalue weighted by atomic mass is 35.5. The van der Waals surface area contributed by atoms with Crippen LogP contribution in [-0.4, -0.2) is 37.6 Å². The van der Waals surface area contributed by atoms with Crippen molar-refractivity contribution in [2.75, 3.05) is 32.1 Å². The van der Waals surface area contributed by atoms with Gasteiger partial charge in [-0.3, -0.25) is 9.69 Å². The van der Waals surface area contributed by atoms with Gasteiger partial charge in [0.25, 0.3) is 5.91 Å². The van der Waals surface area contributed by atoms with E-state index in [-0.39, 0.29) is 12.5 Å². The molecule has 0 bridgehead atoms. The van der Waals surface area contributed by atoms with Crippen molar-refractivity contribution in [3.63, 3.8) is 0 Å². The molecule has 0 radical (unpaired) electrons. The summed E-state index contributed by atoms with van der Waals surface area (Å²) in [5.41, 5.74) is 4.01. The number of benzene rings is 3. The number of hydrogen-bond donors (Lipinski definition) is 1. The molecule has 1 N–H and O–H groups in total. The summed E-state index contributed by atoms with van der Waals surface area (Å²) >= 11 is 5.95. The van der Waals surface area contributed by atoms with E-state index in [9.17, 15) is 4.79 Å². The van der Waals surface area contributed by atoms with Crippen molar-refractivity contribution in [3.8, 4) is 22.6 Å². The average molecular weight is 451 g/mol. The van der Waals surface area contributed by atoms with Crippen LogP contribution in [0.4, 0.5) is 5.69 Å². The molecule has 0 unspecified atom stereocenters. The van der Waals surface area contributed by atoms with Crippen molar-refractivity contribution >= 4 is 23.2 Å². The van der Waals surface area contributed by atoms with E-state index in [2.05, 4.69) is 10.2 Å². The Morgan fingerprint density at radius 2 is 1.59 bits per heavy atom. The minimum Gasteiger partial charge on any atom is -0.493 e. The molecule has 1 amide bonds. The van der Waals surface area contributed by atoms with E-state index < -0.39 is 0 Å². The Kier molecular flexibility index (Phi) is 7.30. The monoisotopic (exact) mass is 450 g/mol. The minimum absolute atomic E-state index is 0.0965. The lowest BCUT2D eigenvalue weighted by Crippen LogP contribution is -2.20. The summed E-state index contributed by atoms with van der Waals surface area (Å²) < 4.78 is 11.2. The van der Waals surface area contributed by atoms with Crippen molar-refractivity contribution in [2.45, 2.75) is 19.4 Å². The molecule has 166 valence electrons. The van der Waals surface area contributed by atoms with Crippen LogP contribution in [0.5, 0.6) is 11.5 Å². The first-order valence-corrected chi connectivity index (χ1v) is 11.2. The molecule has 0 aliphatic carbocycles. The first-order chi connectivity index (χ1) is 15.6. The Bertz CT molecular complexity index is 1050. The molecule has 1 saturated heterocycles. The number of nitrogens with one attached hydrogen (secondary N) is 1. The van der Waals surface area contributed by atoms with Gasteiger partial charge in [-0.1, -0.05) is 41.9 Å². The lowest BCUT2D eigenvalue weighted by atomic mass is 10.1. The number of ether oxygens (including phenoxy) is 2. The topological polar surface area (TPSA) is 50.8 Å².